The lowest BCUT2D eigenvalue weighted by Crippen LogP contribution is -2.10. The van der Waals surface area contributed by atoms with Gasteiger partial charge in [-0.1, -0.05) is 15.9 Å². The van der Waals surface area contributed by atoms with E-state index >= 15 is 0 Å². The highest BCUT2D eigenvalue weighted by Gasteiger charge is 2.35. The van der Waals surface area contributed by atoms with Crippen LogP contribution < -0.4 is 0 Å². The molecule has 0 spiro atoms. The largest absolute Gasteiger partial charge is 0.302 e. The van der Waals surface area contributed by atoms with Crippen molar-refractivity contribution in [2.75, 3.05) is 0 Å². The summed E-state index contributed by atoms with van der Waals surface area (Å²) in [5, 5.41) is 28.9. The summed E-state index contributed by atoms with van der Waals surface area (Å²) < 4.78 is 67.6. The van der Waals surface area contributed by atoms with E-state index in [0.29, 0.717) is 53.3 Å². The van der Waals surface area contributed by atoms with E-state index in [1.54, 1.807) is 99.9 Å². The molecule has 1 aliphatic rings. The molecule has 2 aromatic carbocycles. The molecular weight excluding hydrogens is 1290 g/mol. The zero-order chi connectivity index (χ0) is 58.4. The molecule has 11 aromatic heterocycles. The van der Waals surface area contributed by atoms with Crippen molar-refractivity contribution in [3.8, 4) is 55.6 Å². The van der Waals surface area contributed by atoms with E-state index in [0.717, 1.165) is 65.3 Å². The number of aryl methyl sites for hydroxylation is 3. The molecular formula is C55H45Br3F2N18O4S. The Balaban J connectivity index is 0.000000134. The maximum absolute atomic E-state index is 14.7. The van der Waals surface area contributed by atoms with Gasteiger partial charge in [0.1, 0.15) is 29.0 Å². The lowest BCUT2D eigenvalue weighted by Gasteiger charge is -2.11. The van der Waals surface area contributed by atoms with Gasteiger partial charge in [0.05, 0.1) is 63.3 Å². The first-order chi connectivity index (χ1) is 40.0. The second-order valence-electron chi connectivity index (χ2n) is 18.6. The van der Waals surface area contributed by atoms with Crippen LogP contribution in [0.15, 0.2) is 169 Å². The Morgan fingerprint density at radius 2 is 1.02 bits per heavy atom. The predicted octanol–water partition coefficient (Wildman–Crippen LogP) is 9.48. The van der Waals surface area contributed by atoms with Crippen molar-refractivity contribution < 1.29 is 26.8 Å². The summed E-state index contributed by atoms with van der Waals surface area (Å²) in [5.41, 5.74) is 11.4. The maximum atomic E-state index is 14.7. The SMILES string of the molecule is Brc1cnc2ccnn2c1.Cn1cc(-c2cnc3c(-c4cc(CS(=O)(=O)C5CC5)cc(-c5ccc(F)cc5F)c4)cnn3c2)cn1.Cn1cc(-c2cnc3c(Br)cnn3c2)cn1.Cn1cc(-c2cnc3ccnn3c2)cn1.O=CC(Br)C=O. The van der Waals surface area contributed by atoms with E-state index in [1.807, 2.05) is 95.2 Å². The highest BCUT2D eigenvalue weighted by atomic mass is 79.9. The van der Waals surface area contributed by atoms with Gasteiger partial charge in [0.15, 0.2) is 32.4 Å². The van der Waals surface area contributed by atoms with Crippen molar-refractivity contribution >= 4 is 92.8 Å². The molecule has 0 unspecified atom stereocenters. The molecule has 83 heavy (non-hydrogen) atoms. The fourth-order valence-corrected chi connectivity index (χ4v) is 10.7. The highest BCUT2D eigenvalue weighted by molar-refractivity contribution is 9.11. The van der Waals surface area contributed by atoms with E-state index in [4.69, 9.17) is 0 Å². The number of carbonyl (C=O) groups is 2. The van der Waals surface area contributed by atoms with Crippen molar-refractivity contribution in [1.82, 2.24) is 87.7 Å². The number of aldehydes is 2. The van der Waals surface area contributed by atoms with Crippen LogP contribution in [-0.2, 0) is 46.3 Å². The standard InChI is InChI=1S/C26H21F2N5O2S.C10H8BrN5.C10H9N5.C6H4BrN3.C3H3BrO2/c1-32-13-20(11-30-32)19-10-29-26-24(12-31-33(26)14-19)18-7-16(15-36(34,35)22-3-4-22)6-17(8-18)23-5-2-21(27)9-25(23)28;1-15-5-8(3-13-15)7-2-12-10-9(11)4-14-16(10)6-7;1-14-6-9(5-13-14)8-4-11-10-2-3-12-15(10)7-8;7-5-3-8-6-1-2-9-10(6)4-5;4-3(1-5)2-6/h2,5-14,22H,3-4,15H2,1H3;2-6H,1H3;2-7H,1H3;1-4H;1-3H. The molecule has 11 heterocycles. The number of alkyl halides is 1. The third-order valence-electron chi connectivity index (χ3n) is 12.5. The topological polar surface area (TPSA) is 242 Å². The molecule has 0 radical (unpaired) electrons. The summed E-state index contributed by atoms with van der Waals surface area (Å²) in [6, 6.07) is 12.3. The second-order valence-corrected chi connectivity index (χ2v) is 23.7. The zero-order valence-corrected chi connectivity index (χ0v) is 49.5. The number of benzene rings is 2. The Kier molecular flexibility index (Phi) is 17.4. The molecule has 0 aliphatic heterocycles. The summed E-state index contributed by atoms with van der Waals surface area (Å²) >= 11 is 9.42. The van der Waals surface area contributed by atoms with Gasteiger partial charge >= 0.3 is 0 Å². The van der Waals surface area contributed by atoms with Crippen molar-refractivity contribution in [2.45, 2.75) is 28.7 Å². The molecule has 0 amide bonds. The van der Waals surface area contributed by atoms with Crippen molar-refractivity contribution in [1.29, 1.82) is 0 Å². The average molecular weight is 1330 g/mol. The lowest BCUT2D eigenvalue weighted by molar-refractivity contribution is -0.113. The van der Waals surface area contributed by atoms with Crippen LogP contribution in [0.25, 0.3) is 78.2 Å². The summed E-state index contributed by atoms with van der Waals surface area (Å²) in [5.74, 6) is -1.55. The first kappa shape index (κ1) is 57.4. The molecule has 28 heteroatoms. The maximum Gasteiger partial charge on any atom is 0.169 e. The summed E-state index contributed by atoms with van der Waals surface area (Å²) in [7, 11) is 2.30. The van der Waals surface area contributed by atoms with Gasteiger partial charge in [-0.3, -0.25) is 14.0 Å². The third-order valence-corrected chi connectivity index (χ3v) is 16.1. The third kappa shape index (κ3) is 13.9. The first-order valence-electron chi connectivity index (χ1n) is 24.9. The average Bonchev–Trinajstić information content (AvgIpc) is 4.18. The molecule has 1 saturated carbocycles. The molecule has 0 saturated heterocycles. The van der Waals surface area contributed by atoms with Gasteiger partial charge in [0, 0.05) is 152 Å². The molecule has 0 bridgehead atoms. The number of carbonyl (C=O) groups excluding carboxylic acids is 2. The smallest absolute Gasteiger partial charge is 0.169 e. The van der Waals surface area contributed by atoms with E-state index < -0.39 is 26.3 Å². The number of nitrogens with zero attached hydrogens (tertiary/aromatic N) is 18. The zero-order valence-electron chi connectivity index (χ0n) is 43.9. The Morgan fingerprint density at radius 1 is 0.530 bits per heavy atom. The van der Waals surface area contributed by atoms with Crippen LogP contribution >= 0.6 is 47.8 Å². The molecule has 0 atom stereocenters. The molecule has 13 aromatic rings. The van der Waals surface area contributed by atoms with Crippen LogP contribution in [0.3, 0.4) is 0 Å². The summed E-state index contributed by atoms with van der Waals surface area (Å²) in [4.78, 5) is 35.6. The van der Waals surface area contributed by atoms with Gasteiger partial charge in [-0.15, -0.1) is 0 Å². The van der Waals surface area contributed by atoms with Gasteiger partial charge in [0.25, 0.3) is 0 Å². The van der Waals surface area contributed by atoms with Crippen molar-refractivity contribution in [2.24, 2.45) is 21.1 Å². The Bertz CT molecular complexity index is 4560. The molecule has 420 valence electrons. The van der Waals surface area contributed by atoms with E-state index in [2.05, 4.69) is 103 Å². The Morgan fingerprint density at radius 3 is 1.55 bits per heavy atom. The summed E-state index contributed by atoms with van der Waals surface area (Å²) in [6.45, 7) is 0. The minimum atomic E-state index is -3.32. The van der Waals surface area contributed by atoms with Crippen molar-refractivity contribution in [3.63, 3.8) is 0 Å². The number of fused-ring (bicyclic) bond motifs is 4. The number of hydrogen-bond acceptors (Lipinski definition) is 15. The molecule has 14 rings (SSSR count). The number of halogens is 5. The predicted molar refractivity (Wildman–Crippen MR) is 315 cm³/mol. The highest BCUT2D eigenvalue weighted by Crippen LogP contribution is 2.36. The van der Waals surface area contributed by atoms with Crippen LogP contribution in [0.2, 0.25) is 0 Å². The van der Waals surface area contributed by atoms with Crippen LogP contribution in [0, 0.1) is 11.6 Å². The van der Waals surface area contributed by atoms with E-state index in [-0.39, 0.29) is 16.6 Å². The van der Waals surface area contributed by atoms with Crippen LogP contribution in [0.5, 0.6) is 0 Å². The fourth-order valence-electron chi connectivity index (χ4n) is 8.30. The normalized spacial score (nSPS) is 12.1. The van der Waals surface area contributed by atoms with Crippen LogP contribution in [0.1, 0.15) is 18.4 Å². The monoisotopic (exact) mass is 1330 g/mol. The van der Waals surface area contributed by atoms with Crippen LogP contribution in [0.4, 0.5) is 8.78 Å². The molecule has 1 fully saturated rings. The van der Waals surface area contributed by atoms with Gasteiger partial charge in [-0.2, -0.15) is 35.7 Å². The van der Waals surface area contributed by atoms with Gasteiger partial charge in [0.2, 0.25) is 0 Å². The number of aromatic nitrogens is 18. The molecule has 1 aliphatic carbocycles. The number of hydrogen-bond donors (Lipinski definition) is 0. The lowest BCUT2D eigenvalue weighted by atomic mass is 9.97. The molecule has 0 N–H and O–H groups in total. The minimum absolute atomic E-state index is 0.154. The Labute approximate surface area is 495 Å². The van der Waals surface area contributed by atoms with Gasteiger partial charge in [-0.25, -0.2) is 55.2 Å². The van der Waals surface area contributed by atoms with Gasteiger partial charge < -0.3 is 9.59 Å². The summed E-state index contributed by atoms with van der Waals surface area (Å²) in [6.07, 6.45) is 35.0. The first-order valence-corrected chi connectivity index (χ1v) is 29.1. The fraction of sp³-hybridized carbons (Fsp3) is 0.145. The molecule has 22 nitrogen and oxygen atoms in total. The van der Waals surface area contributed by atoms with E-state index in [1.165, 1.54) is 12.1 Å². The van der Waals surface area contributed by atoms with Crippen LogP contribution in [-0.4, -0.2) is 119 Å². The Hall–Kier alpha value is -8.86. The number of rotatable bonds is 10. The van der Waals surface area contributed by atoms with E-state index in [9.17, 15) is 26.8 Å². The van der Waals surface area contributed by atoms with Crippen molar-refractivity contribution in [3.05, 3.63) is 186 Å². The quantitative estimate of drug-likeness (QED) is 0.0703. The number of sulfone groups is 1. The minimum Gasteiger partial charge on any atom is -0.302 e. The second kappa shape index (κ2) is 25.1. The van der Waals surface area contributed by atoms with Gasteiger partial charge in [-0.05, 0) is 91.7 Å².